The van der Waals surface area contributed by atoms with Gasteiger partial charge in [-0.05, 0) is 24.3 Å². The number of aromatic nitrogens is 1. The first-order valence-electron chi connectivity index (χ1n) is 8.01. The third kappa shape index (κ3) is 4.67. The van der Waals surface area contributed by atoms with Crippen LogP contribution in [-0.4, -0.2) is 22.0 Å². The zero-order valence-electron chi connectivity index (χ0n) is 14.2. The molecule has 0 aliphatic carbocycles. The Kier molecular flexibility index (Phi) is 6.28. The van der Waals surface area contributed by atoms with Gasteiger partial charge < -0.3 is 10.4 Å². The van der Waals surface area contributed by atoms with Crippen LogP contribution in [0.15, 0.2) is 47.8 Å². The highest BCUT2D eigenvalue weighted by Gasteiger charge is 2.25. The number of thiazole rings is 1. The fourth-order valence-electron chi connectivity index (χ4n) is 2.53. The van der Waals surface area contributed by atoms with Crippen molar-refractivity contribution in [3.05, 3.63) is 75.0 Å². The van der Waals surface area contributed by atoms with Gasteiger partial charge in [-0.15, -0.1) is 11.3 Å². The van der Waals surface area contributed by atoms with Crippen molar-refractivity contribution >= 4 is 46.4 Å². The molecule has 5 nitrogen and oxygen atoms in total. The summed E-state index contributed by atoms with van der Waals surface area (Å²) in [5.74, 6) is -2.65. The lowest BCUT2D eigenvalue weighted by Gasteiger charge is -2.15. The lowest BCUT2D eigenvalue weighted by molar-refractivity contribution is -0.142. The Hall–Kier alpha value is -2.48. The van der Waals surface area contributed by atoms with E-state index in [-0.39, 0.29) is 12.0 Å². The van der Waals surface area contributed by atoms with E-state index in [1.54, 1.807) is 23.6 Å². The standard InChI is InChI=1S/C19H13Cl2FN2O3S/c20-10-5-6-12(14(21)7-10)18-23-11(9-28-18)8-16(25)24-17(19(26)27)13-3-1-2-4-15(13)22/h1-7,9,17H,8H2,(H,24,25)(H,26,27). The van der Waals surface area contributed by atoms with Gasteiger partial charge in [0.25, 0.3) is 0 Å². The Bertz CT molecular complexity index is 1040. The molecule has 0 bridgehead atoms. The van der Waals surface area contributed by atoms with Gasteiger partial charge in [-0.25, -0.2) is 14.2 Å². The predicted octanol–water partition coefficient (Wildman–Crippen LogP) is 4.74. The van der Waals surface area contributed by atoms with Crippen molar-refractivity contribution in [2.24, 2.45) is 0 Å². The number of halogens is 3. The number of carbonyl (C=O) groups excluding carboxylic acids is 1. The summed E-state index contributed by atoms with van der Waals surface area (Å²) in [7, 11) is 0. The number of carboxylic acid groups (broad SMARTS) is 1. The predicted molar refractivity (Wildman–Crippen MR) is 106 cm³/mol. The average Bonchev–Trinajstić information content (AvgIpc) is 3.08. The lowest BCUT2D eigenvalue weighted by atomic mass is 10.1. The number of carbonyl (C=O) groups is 2. The van der Waals surface area contributed by atoms with Gasteiger partial charge in [-0.2, -0.15) is 0 Å². The highest BCUT2D eigenvalue weighted by Crippen LogP contribution is 2.32. The number of carboxylic acids is 1. The molecule has 9 heteroatoms. The topological polar surface area (TPSA) is 79.3 Å². The van der Waals surface area contributed by atoms with E-state index in [1.807, 2.05) is 0 Å². The maximum absolute atomic E-state index is 13.9. The molecule has 0 aliphatic rings. The van der Waals surface area contributed by atoms with Crippen LogP contribution in [0.2, 0.25) is 10.0 Å². The first-order chi connectivity index (χ1) is 13.3. The Balaban J connectivity index is 1.73. The highest BCUT2D eigenvalue weighted by atomic mass is 35.5. The van der Waals surface area contributed by atoms with Crippen LogP contribution in [0, 0.1) is 5.82 Å². The highest BCUT2D eigenvalue weighted by molar-refractivity contribution is 7.13. The van der Waals surface area contributed by atoms with E-state index in [1.165, 1.54) is 29.5 Å². The molecule has 1 aromatic heterocycles. The molecule has 3 aromatic rings. The number of nitrogens with zero attached hydrogens (tertiary/aromatic N) is 1. The average molecular weight is 439 g/mol. The van der Waals surface area contributed by atoms with Gasteiger partial charge in [0.15, 0.2) is 6.04 Å². The van der Waals surface area contributed by atoms with Crippen molar-refractivity contribution in [3.63, 3.8) is 0 Å². The Morgan fingerprint density at radius 2 is 1.96 bits per heavy atom. The van der Waals surface area contributed by atoms with Gasteiger partial charge in [0.2, 0.25) is 5.91 Å². The van der Waals surface area contributed by atoms with Crippen LogP contribution in [0.3, 0.4) is 0 Å². The van der Waals surface area contributed by atoms with Gasteiger partial charge in [0.05, 0.1) is 17.1 Å². The summed E-state index contributed by atoms with van der Waals surface area (Å²) in [5.41, 5.74) is 1.01. The second-order valence-corrected chi connectivity index (χ2v) is 7.51. The first-order valence-corrected chi connectivity index (χ1v) is 9.65. The number of benzene rings is 2. The van der Waals surface area contributed by atoms with Gasteiger partial charge in [0, 0.05) is 21.5 Å². The Morgan fingerprint density at radius 1 is 1.21 bits per heavy atom. The molecule has 144 valence electrons. The largest absolute Gasteiger partial charge is 0.479 e. The summed E-state index contributed by atoms with van der Waals surface area (Å²) in [4.78, 5) is 28.1. The van der Waals surface area contributed by atoms with Crippen LogP contribution >= 0.6 is 34.5 Å². The molecule has 0 fully saturated rings. The van der Waals surface area contributed by atoms with Crippen molar-refractivity contribution in [1.29, 1.82) is 0 Å². The van der Waals surface area contributed by atoms with Gasteiger partial charge >= 0.3 is 5.97 Å². The Labute approximate surface area is 173 Å². The summed E-state index contributed by atoms with van der Waals surface area (Å²) in [5, 5.41) is 14.9. The molecule has 28 heavy (non-hydrogen) atoms. The molecular weight excluding hydrogens is 426 g/mol. The number of rotatable bonds is 6. The molecule has 3 rings (SSSR count). The van der Waals surface area contributed by atoms with E-state index in [0.29, 0.717) is 26.3 Å². The van der Waals surface area contributed by atoms with Crippen LogP contribution in [0.25, 0.3) is 10.6 Å². The summed E-state index contributed by atoms with van der Waals surface area (Å²) in [6.07, 6.45) is -0.153. The van der Waals surface area contributed by atoms with Crippen LogP contribution in [-0.2, 0) is 16.0 Å². The fourth-order valence-corrected chi connectivity index (χ4v) is 3.95. The SMILES string of the molecule is O=C(Cc1csc(-c2ccc(Cl)cc2Cl)n1)NC(C(=O)O)c1ccccc1F. The summed E-state index contributed by atoms with van der Waals surface area (Å²) < 4.78 is 13.9. The molecule has 1 amide bonds. The van der Waals surface area contributed by atoms with Crippen LogP contribution in [0.4, 0.5) is 4.39 Å². The molecule has 2 N–H and O–H groups in total. The van der Waals surface area contributed by atoms with E-state index in [4.69, 9.17) is 23.2 Å². The molecule has 0 aliphatic heterocycles. The third-order valence-electron chi connectivity index (χ3n) is 3.82. The van der Waals surface area contributed by atoms with E-state index < -0.39 is 23.7 Å². The van der Waals surface area contributed by atoms with Gasteiger partial charge in [-0.1, -0.05) is 41.4 Å². The number of aliphatic carboxylic acids is 1. The van der Waals surface area contributed by atoms with Crippen molar-refractivity contribution in [3.8, 4) is 10.6 Å². The lowest BCUT2D eigenvalue weighted by Crippen LogP contribution is -2.35. The fraction of sp³-hybridized carbons (Fsp3) is 0.105. The van der Waals surface area contributed by atoms with Crippen LogP contribution in [0.5, 0.6) is 0 Å². The molecule has 1 unspecified atom stereocenters. The molecule has 0 radical (unpaired) electrons. The number of amides is 1. The Morgan fingerprint density at radius 3 is 2.64 bits per heavy atom. The molecule has 2 aromatic carbocycles. The maximum Gasteiger partial charge on any atom is 0.331 e. The summed E-state index contributed by atoms with van der Waals surface area (Å²) in [6.45, 7) is 0. The monoisotopic (exact) mass is 438 g/mol. The van der Waals surface area contributed by atoms with Crippen molar-refractivity contribution in [1.82, 2.24) is 10.3 Å². The van der Waals surface area contributed by atoms with Gasteiger partial charge in [-0.3, -0.25) is 4.79 Å². The number of hydrogen-bond acceptors (Lipinski definition) is 4. The number of nitrogens with one attached hydrogen (secondary N) is 1. The minimum Gasteiger partial charge on any atom is -0.479 e. The molecule has 0 saturated heterocycles. The minimum atomic E-state index is -1.49. The van der Waals surface area contributed by atoms with Crippen LogP contribution in [0.1, 0.15) is 17.3 Å². The van der Waals surface area contributed by atoms with E-state index in [9.17, 15) is 19.1 Å². The molecule has 0 spiro atoms. The third-order valence-corrected chi connectivity index (χ3v) is 5.30. The smallest absolute Gasteiger partial charge is 0.331 e. The number of hydrogen-bond donors (Lipinski definition) is 2. The van der Waals surface area contributed by atoms with E-state index in [2.05, 4.69) is 10.3 Å². The molecule has 1 atom stereocenters. The normalized spacial score (nSPS) is 11.8. The van der Waals surface area contributed by atoms with E-state index in [0.717, 1.165) is 6.07 Å². The van der Waals surface area contributed by atoms with Gasteiger partial charge in [0.1, 0.15) is 10.8 Å². The van der Waals surface area contributed by atoms with Crippen molar-refractivity contribution < 1.29 is 19.1 Å². The second-order valence-electron chi connectivity index (χ2n) is 5.81. The zero-order valence-corrected chi connectivity index (χ0v) is 16.5. The maximum atomic E-state index is 13.9. The molecule has 1 heterocycles. The van der Waals surface area contributed by atoms with Crippen molar-refractivity contribution in [2.75, 3.05) is 0 Å². The quantitative estimate of drug-likeness (QED) is 0.582. The zero-order chi connectivity index (χ0) is 20.3. The minimum absolute atomic E-state index is 0.115. The molecular formula is C19H13Cl2FN2O3S. The van der Waals surface area contributed by atoms with Crippen molar-refractivity contribution in [2.45, 2.75) is 12.5 Å². The first kappa shape index (κ1) is 20.3. The second kappa shape index (κ2) is 8.68. The summed E-state index contributed by atoms with van der Waals surface area (Å²) >= 11 is 13.3. The molecule has 0 saturated carbocycles. The van der Waals surface area contributed by atoms with Crippen LogP contribution < -0.4 is 5.32 Å². The van der Waals surface area contributed by atoms with E-state index >= 15 is 0 Å². The summed E-state index contributed by atoms with van der Waals surface area (Å²) in [6, 6.07) is 8.92.